The Balaban J connectivity index is 2.77. The van der Waals surface area contributed by atoms with E-state index >= 15 is 0 Å². The van der Waals surface area contributed by atoms with E-state index in [1.165, 1.54) is 0 Å². The predicted molar refractivity (Wildman–Crippen MR) is 58.7 cm³/mol. The number of nitrogens with zero attached hydrogens (tertiary/aromatic N) is 1. The summed E-state index contributed by atoms with van der Waals surface area (Å²) >= 11 is 0. The molecule has 0 aromatic rings. The minimum absolute atomic E-state index is 0.280. The first-order valence-corrected chi connectivity index (χ1v) is 6.64. The second-order valence-corrected chi connectivity index (χ2v) is 6.35. The monoisotopic (exact) mass is 250 g/mol. The van der Waals surface area contributed by atoms with Gasteiger partial charge in [-0.05, 0) is 33.6 Å². The van der Waals surface area contributed by atoms with Gasteiger partial charge in [0.25, 0.3) is 10.2 Å². The van der Waals surface area contributed by atoms with E-state index in [1.807, 2.05) is 0 Å². The van der Waals surface area contributed by atoms with Crippen LogP contribution in [0.25, 0.3) is 0 Å². The number of nitrogens with two attached hydrogens (primary N) is 1. The van der Waals surface area contributed by atoms with Crippen LogP contribution in [0.4, 0.5) is 0 Å². The first-order valence-electron chi connectivity index (χ1n) is 5.14. The Morgan fingerprint density at radius 1 is 1.44 bits per heavy atom. The SMILES string of the molecule is CC(C)(C)OC(=O)[C@H]1CCCN1S(N)(=O)=O. The van der Waals surface area contributed by atoms with Gasteiger partial charge in [0.1, 0.15) is 11.6 Å². The number of hydrogen-bond donors (Lipinski definition) is 1. The van der Waals surface area contributed by atoms with Crippen LogP contribution in [0, 0.1) is 0 Å². The van der Waals surface area contributed by atoms with Crippen molar-refractivity contribution in [1.29, 1.82) is 0 Å². The summed E-state index contributed by atoms with van der Waals surface area (Å²) in [6.07, 6.45) is 1.09. The number of carbonyl (C=O) groups excluding carboxylic acids is 1. The van der Waals surface area contributed by atoms with Crippen molar-refractivity contribution in [2.45, 2.75) is 45.3 Å². The highest BCUT2D eigenvalue weighted by Gasteiger charge is 2.39. The predicted octanol–water partition coefficient (Wildman–Crippen LogP) is -0.00400. The third kappa shape index (κ3) is 3.43. The molecule has 1 aliphatic rings. The molecule has 94 valence electrons. The lowest BCUT2D eigenvalue weighted by Gasteiger charge is -2.25. The Morgan fingerprint density at radius 3 is 2.44 bits per heavy atom. The van der Waals surface area contributed by atoms with Crippen LogP contribution in [0.3, 0.4) is 0 Å². The normalized spacial score (nSPS) is 23.4. The summed E-state index contributed by atoms with van der Waals surface area (Å²) in [7, 11) is -3.82. The van der Waals surface area contributed by atoms with Gasteiger partial charge in [0, 0.05) is 6.54 Å². The van der Waals surface area contributed by atoms with Crippen molar-refractivity contribution in [2.24, 2.45) is 5.14 Å². The molecule has 1 heterocycles. The standard InChI is InChI=1S/C9H18N2O4S/c1-9(2,3)15-8(12)7-5-4-6-11(7)16(10,13)14/h7H,4-6H2,1-3H3,(H2,10,13,14)/t7-/m1/s1. The fourth-order valence-corrected chi connectivity index (χ4v) is 2.58. The maximum atomic E-state index is 11.7. The molecule has 0 amide bonds. The lowest BCUT2D eigenvalue weighted by atomic mass is 10.2. The van der Waals surface area contributed by atoms with Crippen LogP contribution < -0.4 is 5.14 Å². The van der Waals surface area contributed by atoms with Gasteiger partial charge in [-0.3, -0.25) is 4.79 Å². The van der Waals surface area contributed by atoms with Crippen molar-refractivity contribution >= 4 is 16.2 Å². The molecule has 2 N–H and O–H groups in total. The molecule has 0 unspecified atom stereocenters. The maximum absolute atomic E-state index is 11.7. The molecule has 0 aromatic heterocycles. The third-order valence-corrected chi connectivity index (χ3v) is 3.30. The number of hydrogen-bond acceptors (Lipinski definition) is 4. The number of carbonyl (C=O) groups is 1. The topological polar surface area (TPSA) is 89.7 Å². The van der Waals surface area contributed by atoms with E-state index in [2.05, 4.69) is 0 Å². The Morgan fingerprint density at radius 2 is 2.00 bits per heavy atom. The fraction of sp³-hybridized carbons (Fsp3) is 0.889. The Hall–Kier alpha value is -0.660. The average molecular weight is 250 g/mol. The molecule has 1 atom stereocenters. The molecule has 0 saturated carbocycles. The molecule has 0 aromatic carbocycles. The van der Waals surface area contributed by atoms with Crippen molar-refractivity contribution in [3.8, 4) is 0 Å². The molecule has 0 aliphatic carbocycles. The van der Waals surface area contributed by atoms with Gasteiger partial charge >= 0.3 is 5.97 Å². The molecule has 1 fully saturated rings. The minimum atomic E-state index is -3.82. The smallest absolute Gasteiger partial charge is 0.325 e. The van der Waals surface area contributed by atoms with Gasteiger partial charge in [-0.2, -0.15) is 12.7 Å². The van der Waals surface area contributed by atoms with Gasteiger partial charge in [-0.25, -0.2) is 5.14 Å². The largest absolute Gasteiger partial charge is 0.459 e. The summed E-state index contributed by atoms with van der Waals surface area (Å²) in [5.41, 5.74) is -0.621. The van der Waals surface area contributed by atoms with Gasteiger partial charge in [0.15, 0.2) is 0 Å². The zero-order chi connectivity index (χ0) is 12.6. The van der Waals surface area contributed by atoms with Crippen molar-refractivity contribution in [2.75, 3.05) is 6.54 Å². The van der Waals surface area contributed by atoms with E-state index < -0.39 is 27.8 Å². The molecule has 1 saturated heterocycles. The quantitative estimate of drug-likeness (QED) is 0.698. The molecular formula is C9H18N2O4S. The van der Waals surface area contributed by atoms with Crippen molar-refractivity contribution in [3.63, 3.8) is 0 Å². The number of rotatable bonds is 2. The van der Waals surface area contributed by atoms with Gasteiger partial charge in [-0.1, -0.05) is 0 Å². The summed E-state index contributed by atoms with van der Waals surface area (Å²) in [6.45, 7) is 5.49. The maximum Gasteiger partial charge on any atom is 0.325 e. The second-order valence-electron chi connectivity index (χ2n) is 4.85. The Labute approximate surface area is 95.9 Å². The summed E-state index contributed by atoms with van der Waals surface area (Å²) < 4.78 is 28.6. The van der Waals surface area contributed by atoms with Gasteiger partial charge in [-0.15, -0.1) is 0 Å². The minimum Gasteiger partial charge on any atom is -0.459 e. The summed E-state index contributed by atoms with van der Waals surface area (Å²) in [5, 5.41) is 5.02. The van der Waals surface area contributed by atoms with Crippen molar-refractivity contribution < 1.29 is 17.9 Å². The van der Waals surface area contributed by atoms with Crippen molar-refractivity contribution in [3.05, 3.63) is 0 Å². The van der Waals surface area contributed by atoms with E-state index in [1.54, 1.807) is 20.8 Å². The van der Waals surface area contributed by atoms with E-state index in [9.17, 15) is 13.2 Å². The van der Waals surface area contributed by atoms with Crippen LogP contribution in [0.2, 0.25) is 0 Å². The highest BCUT2D eigenvalue weighted by Crippen LogP contribution is 2.22. The zero-order valence-corrected chi connectivity index (χ0v) is 10.6. The molecular weight excluding hydrogens is 232 g/mol. The first kappa shape index (κ1) is 13.4. The summed E-state index contributed by atoms with van der Waals surface area (Å²) in [4.78, 5) is 11.7. The highest BCUT2D eigenvalue weighted by molar-refractivity contribution is 7.86. The number of esters is 1. The van der Waals surface area contributed by atoms with Gasteiger partial charge in [0.2, 0.25) is 0 Å². The molecule has 0 spiro atoms. The second kappa shape index (κ2) is 4.31. The van der Waals surface area contributed by atoms with E-state index in [-0.39, 0.29) is 6.54 Å². The third-order valence-electron chi connectivity index (χ3n) is 2.21. The van der Waals surface area contributed by atoms with E-state index in [0.717, 1.165) is 4.31 Å². The van der Waals surface area contributed by atoms with Crippen LogP contribution >= 0.6 is 0 Å². The average Bonchev–Trinajstić information content (AvgIpc) is 2.45. The first-order chi connectivity index (χ1) is 7.11. The molecule has 16 heavy (non-hydrogen) atoms. The van der Waals surface area contributed by atoms with E-state index in [4.69, 9.17) is 9.88 Å². The fourth-order valence-electron chi connectivity index (χ4n) is 1.65. The molecule has 6 nitrogen and oxygen atoms in total. The van der Waals surface area contributed by atoms with Crippen LogP contribution in [0.5, 0.6) is 0 Å². The van der Waals surface area contributed by atoms with Crippen LogP contribution in [-0.4, -0.2) is 36.9 Å². The molecule has 7 heteroatoms. The van der Waals surface area contributed by atoms with Crippen LogP contribution in [-0.2, 0) is 19.7 Å². The van der Waals surface area contributed by atoms with Crippen molar-refractivity contribution in [1.82, 2.24) is 4.31 Å². The van der Waals surface area contributed by atoms with Gasteiger partial charge in [0.05, 0.1) is 0 Å². The lowest BCUT2D eigenvalue weighted by molar-refractivity contribution is -0.158. The van der Waals surface area contributed by atoms with Crippen LogP contribution in [0.1, 0.15) is 33.6 Å². The molecule has 1 aliphatic heterocycles. The summed E-state index contributed by atoms with van der Waals surface area (Å²) in [5.74, 6) is -0.529. The molecule has 1 rings (SSSR count). The Bertz CT molecular complexity index is 371. The number of ether oxygens (including phenoxy) is 1. The Kier molecular flexibility index (Phi) is 3.61. The molecule has 0 radical (unpaired) electrons. The van der Waals surface area contributed by atoms with Crippen LogP contribution in [0.15, 0.2) is 0 Å². The summed E-state index contributed by atoms with van der Waals surface area (Å²) in [6, 6.07) is -0.769. The van der Waals surface area contributed by atoms with E-state index in [0.29, 0.717) is 12.8 Å². The van der Waals surface area contributed by atoms with Gasteiger partial charge < -0.3 is 4.74 Å². The zero-order valence-electron chi connectivity index (χ0n) is 9.76. The lowest BCUT2D eigenvalue weighted by Crippen LogP contribution is -2.46. The highest BCUT2D eigenvalue weighted by atomic mass is 32.2. The molecule has 0 bridgehead atoms.